The van der Waals surface area contributed by atoms with Crippen LogP contribution in [0.4, 0.5) is 10.1 Å². The molecule has 15 heteroatoms. The lowest BCUT2D eigenvalue weighted by atomic mass is 10.0. The molecule has 0 saturated heterocycles. The van der Waals surface area contributed by atoms with E-state index in [0.29, 0.717) is 9.27 Å². The summed E-state index contributed by atoms with van der Waals surface area (Å²) in [4.78, 5) is 25.0. The van der Waals surface area contributed by atoms with E-state index in [1.807, 2.05) is 22.6 Å². The number of rotatable bonds is 8. The maximum atomic E-state index is 13.9. The van der Waals surface area contributed by atoms with Crippen molar-refractivity contribution in [3.8, 4) is 0 Å². The highest BCUT2D eigenvalue weighted by Crippen LogP contribution is 2.34. The van der Waals surface area contributed by atoms with Crippen molar-refractivity contribution in [2.75, 3.05) is 4.72 Å². The molecule has 0 aromatic heterocycles. The minimum atomic E-state index is -4.15. The number of allylic oxidation sites excluding steroid dienone is 2. The highest BCUT2D eigenvalue weighted by molar-refractivity contribution is 14.1. The van der Waals surface area contributed by atoms with Crippen LogP contribution in [0.1, 0.15) is 15.9 Å². The van der Waals surface area contributed by atoms with Crippen molar-refractivity contribution in [2.24, 2.45) is 0 Å². The number of hydrogen-bond acceptors (Lipinski definition) is 7. The van der Waals surface area contributed by atoms with Crippen LogP contribution in [0.15, 0.2) is 65.5 Å². The third-order valence-electron chi connectivity index (χ3n) is 5.18. The number of fused-ring (bicyclic) bond motifs is 1. The smallest absolute Gasteiger partial charge is 0.326 e. The number of nitrogens with one attached hydrogen (secondary N) is 3. The van der Waals surface area contributed by atoms with Crippen LogP contribution in [0, 0.1) is 9.39 Å². The first-order valence-corrected chi connectivity index (χ1v) is 14.4. The molecule has 2 aromatic rings. The lowest BCUT2D eigenvalue weighted by Crippen LogP contribution is -2.42. The van der Waals surface area contributed by atoms with E-state index in [9.17, 15) is 27.5 Å². The van der Waals surface area contributed by atoms with Crippen LogP contribution in [0.3, 0.4) is 0 Å². The number of carboxylic acids is 1. The summed E-state index contributed by atoms with van der Waals surface area (Å²) in [7, 11) is -4.15. The number of amides is 1. The van der Waals surface area contributed by atoms with Crippen LogP contribution in [0.25, 0.3) is 0 Å². The van der Waals surface area contributed by atoms with Gasteiger partial charge in [0.2, 0.25) is 0 Å². The summed E-state index contributed by atoms with van der Waals surface area (Å²) in [5.74, 6) is -3.05. The Morgan fingerprint density at radius 2 is 1.97 bits per heavy atom. The van der Waals surface area contributed by atoms with Gasteiger partial charge in [-0.3, -0.25) is 13.8 Å². The van der Waals surface area contributed by atoms with Gasteiger partial charge in [0.25, 0.3) is 15.9 Å². The van der Waals surface area contributed by atoms with E-state index in [0.717, 1.165) is 12.1 Å². The first-order valence-electron chi connectivity index (χ1n) is 10.3. The van der Waals surface area contributed by atoms with Crippen molar-refractivity contribution in [3.05, 3.63) is 96.0 Å². The summed E-state index contributed by atoms with van der Waals surface area (Å²) in [6.07, 6.45) is 5.86. The third kappa shape index (κ3) is 6.17. The predicted molar refractivity (Wildman–Crippen MR) is 149 cm³/mol. The predicted octanol–water partition coefficient (Wildman–Crippen LogP) is 4.63. The molecule has 2 heterocycles. The average molecular weight is 697 g/mol. The fourth-order valence-corrected chi connectivity index (χ4v) is 6.36. The van der Waals surface area contributed by atoms with Crippen LogP contribution < -0.4 is 14.8 Å². The van der Waals surface area contributed by atoms with Gasteiger partial charge in [-0.25, -0.2) is 17.6 Å². The van der Waals surface area contributed by atoms with Gasteiger partial charge in [-0.05, 0) is 70.6 Å². The Kier molecular flexibility index (Phi) is 8.28. The minimum absolute atomic E-state index is 0.0273. The Morgan fingerprint density at radius 1 is 1.22 bits per heavy atom. The molecular formula is C22H16Cl2FIN4O5S2. The van der Waals surface area contributed by atoms with Gasteiger partial charge in [0.05, 0.1) is 34.1 Å². The van der Waals surface area contributed by atoms with Gasteiger partial charge in [0, 0.05) is 27.4 Å². The lowest BCUT2D eigenvalue weighted by Gasteiger charge is -2.21. The van der Waals surface area contributed by atoms with E-state index in [-0.39, 0.29) is 38.2 Å². The largest absolute Gasteiger partial charge is 0.480 e. The van der Waals surface area contributed by atoms with Crippen molar-refractivity contribution in [1.82, 2.24) is 14.3 Å². The number of hydrogen-bond donors (Lipinski definition) is 4. The van der Waals surface area contributed by atoms with E-state index in [1.165, 1.54) is 36.5 Å². The summed E-state index contributed by atoms with van der Waals surface area (Å²) >= 11 is 14.9. The molecule has 0 aliphatic carbocycles. The summed E-state index contributed by atoms with van der Waals surface area (Å²) in [6, 6.07) is 5.03. The summed E-state index contributed by atoms with van der Waals surface area (Å²) < 4.78 is 47.9. The van der Waals surface area contributed by atoms with E-state index < -0.39 is 33.8 Å². The molecule has 4 rings (SSSR count). The number of carboxylic acid groups (broad SMARTS) is 1. The second-order valence-electron chi connectivity index (χ2n) is 7.66. The summed E-state index contributed by atoms with van der Waals surface area (Å²) in [6.45, 7) is 0. The molecule has 0 fully saturated rings. The Labute approximate surface area is 239 Å². The average Bonchev–Trinajstić information content (AvgIpc) is 3.30. The Bertz CT molecular complexity index is 1500. The van der Waals surface area contributed by atoms with Gasteiger partial charge in [0.15, 0.2) is 0 Å². The van der Waals surface area contributed by atoms with Crippen LogP contribution in [0.5, 0.6) is 0 Å². The number of benzene rings is 2. The standard InChI is InChI=1S/C22H16Cl2FIN4O5S2/c23-14-9-15(24)16(25)6-11(14)7-18(22(32)33)28-21(31)13-4-3-12(26)8-17(13)29-37(34,35)20-2-1-5-30-19(20)10-27-36-30/h1-6,8-10,18,27,29H,7H2,(H,28,31)(H,32,33)/t18-/m0/s1. The number of sulfonamides is 1. The van der Waals surface area contributed by atoms with Gasteiger partial charge in [-0.1, -0.05) is 23.2 Å². The first-order chi connectivity index (χ1) is 17.5. The second kappa shape index (κ2) is 11.1. The van der Waals surface area contributed by atoms with Gasteiger partial charge >= 0.3 is 5.97 Å². The van der Waals surface area contributed by atoms with Crippen molar-refractivity contribution >= 4 is 85.5 Å². The van der Waals surface area contributed by atoms with Gasteiger partial charge in [-0.2, -0.15) is 0 Å². The number of carbonyl (C=O) groups excluding carboxylic acids is 1. The molecule has 4 N–H and O–H groups in total. The molecule has 0 unspecified atom stereocenters. The summed E-state index contributed by atoms with van der Waals surface area (Å²) in [5, 5.41) is 11.8. The fraction of sp³-hybridized carbons (Fsp3) is 0.0909. The number of aliphatic carboxylic acids is 1. The fourth-order valence-electron chi connectivity index (χ4n) is 3.44. The zero-order valence-electron chi connectivity index (χ0n) is 18.3. The Hall–Kier alpha value is -2.46. The molecule has 2 aliphatic heterocycles. The maximum Gasteiger partial charge on any atom is 0.326 e. The molecule has 1 atom stereocenters. The zero-order valence-corrected chi connectivity index (χ0v) is 23.6. The molecule has 0 saturated carbocycles. The number of carbonyl (C=O) groups is 2. The van der Waals surface area contributed by atoms with Crippen molar-refractivity contribution < 1.29 is 27.5 Å². The van der Waals surface area contributed by atoms with Gasteiger partial charge in [0.1, 0.15) is 16.8 Å². The molecule has 9 nitrogen and oxygen atoms in total. The molecule has 1 amide bonds. The minimum Gasteiger partial charge on any atom is -0.480 e. The molecule has 0 bridgehead atoms. The Balaban J connectivity index is 1.60. The molecule has 194 valence electrons. The van der Waals surface area contributed by atoms with E-state index >= 15 is 0 Å². The first kappa shape index (κ1) is 27.6. The van der Waals surface area contributed by atoms with Crippen LogP contribution in [-0.4, -0.2) is 35.7 Å². The third-order valence-corrected chi connectivity index (χ3v) is 8.65. The molecule has 2 aromatic carbocycles. The lowest BCUT2D eigenvalue weighted by molar-refractivity contribution is -0.139. The molecule has 2 aliphatic rings. The quantitative estimate of drug-likeness (QED) is 0.179. The number of nitrogens with zero attached hydrogens (tertiary/aromatic N) is 1. The normalized spacial score (nSPS) is 15.3. The van der Waals surface area contributed by atoms with Crippen LogP contribution >= 0.6 is 57.9 Å². The van der Waals surface area contributed by atoms with E-state index in [4.69, 9.17) is 23.2 Å². The van der Waals surface area contributed by atoms with Crippen molar-refractivity contribution in [2.45, 2.75) is 12.5 Å². The van der Waals surface area contributed by atoms with Gasteiger partial charge < -0.3 is 15.1 Å². The van der Waals surface area contributed by atoms with Crippen molar-refractivity contribution in [1.29, 1.82) is 0 Å². The van der Waals surface area contributed by atoms with E-state index in [1.54, 1.807) is 22.6 Å². The highest BCUT2D eigenvalue weighted by Gasteiger charge is 2.31. The van der Waals surface area contributed by atoms with Gasteiger partial charge in [-0.15, -0.1) is 0 Å². The van der Waals surface area contributed by atoms with Crippen molar-refractivity contribution in [3.63, 3.8) is 0 Å². The maximum absolute atomic E-state index is 13.9. The molecular weight excluding hydrogens is 681 g/mol. The number of anilines is 1. The van der Waals surface area contributed by atoms with E-state index in [2.05, 4.69) is 14.8 Å². The number of halogens is 4. The van der Waals surface area contributed by atoms with Crippen LogP contribution in [0.2, 0.25) is 10.0 Å². The topological polar surface area (TPSA) is 128 Å². The molecule has 0 radical (unpaired) electrons. The highest BCUT2D eigenvalue weighted by atomic mass is 127. The summed E-state index contributed by atoms with van der Waals surface area (Å²) in [5.41, 5.74) is 0.360. The molecule has 0 spiro atoms. The zero-order chi connectivity index (χ0) is 26.9. The monoisotopic (exact) mass is 696 g/mol. The second-order valence-corrected chi connectivity index (χ2v) is 12.2. The Morgan fingerprint density at radius 3 is 2.70 bits per heavy atom. The SMILES string of the molecule is O=C(N[C@@H](Cc1cc(F)c(Cl)cc1Cl)C(=O)O)c1ccc(I)cc1NS(=O)(=O)C1=CC=CN2SNC=C12. The van der Waals surface area contributed by atoms with Crippen LogP contribution in [-0.2, 0) is 21.2 Å². The molecule has 37 heavy (non-hydrogen) atoms.